The molecule has 0 heterocycles. The summed E-state index contributed by atoms with van der Waals surface area (Å²) in [5.74, 6) is 0.843. The third-order valence-corrected chi connectivity index (χ3v) is 3.44. The normalized spacial score (nSPS) is 9.88. The quantitative estimate of drug-likeness (QED) is 0.611. The highest BCUT2D eigenvalue weighted by atomic mass is 35.5. The lowest BCUT2D eigenvalue weighted by Crippen LogP contribution is -2.15. The molecule has 0 aliphatic carbocycles. The molecular formula is C13H17ClN2O. The second-order valence-electron chi connectivity index (χ2n) is 4.08. The minimum atomic E-state index is 0.660. The van der Waals surface area contributed by atoms with E-state index >= 15 is 0 Å². The Hall–Kier alpha value is -1.40. The third kappa shape index (κ3) is 3.04. The number of hydrogen-bond donors (Lipinski definition) is 0. The lowest BCUT2D eigenvalue weighted by molar-refractivity contribution is 0.403. The molecule has 4 heteroatoms. The molecule has 0 amide bonds. The fourth-order valence-electron chi connectivity index (χ4n) is 1.78. The van der Waals surface area contributed by atoms with Gasteiger partial charge in [-0.05, 0) is 37.5 Å². The van der Waals surface area contributed by atoms with Gasteiger partial charge in [0.15, 0.2) is 6.19 Å². The average Bonchev–Trinajstić information content (AvgIpc) is 2.33. The number of methoxy groups -OCH3 is 1. The Balaban J connectivity index is 3.05. The van der Waals surface area contributed by atoms with Crippen molar-refractivity contribution >= 4 is 11.6 Å². The summed E-state index contributed by atoms with van der Waals surface area (Å²) in [4.78, 5) is 1.59. The number of hydrogen-bond acceptors (Lipinski definition) is 3. The zero-order valence-electron chi connectivity index (χ0n) is 10.7. The molecule has 0 N–H and O–H groups in total. The maximum Gasteiger partial charge on any atom is 0.179 e. The summed E-state index contributed by atoms with van der Waals surface area (Å²) in [5, 5.41) is 9.50. The summed E-state index contributed by atoms with van der Waals surface area (Å²) in [6.07, 6.45) is 2.83. The van der Waals surface area contributed by atoms with E-state index in [-0.39, 0.29) is 0 Å². The highest BCUT2D eigenvalue weighted by molar-refractivity contribution is 6.32. The van der Waals surface area contributed by atoms with E-state index in [1.54, 1.807) is 19.1 Å². The first-order chi connectivity index (χ1) is 8.01. The predicted octanol–water partition coefficient (Wildman–Crippen LogP) is 2.92. The summed E-state index contributed by atoms with van der Waals surface area (Å²) in [7, 11) is 3.41. The van der Waals surface area contributed by atoms with Crippen LogP contribution < -0.4 is 4.74 Å². The molecule has 3 nitrogen and oxygen atoms in total. The molecule has 0 fully saturated rings. The van der Waals surface area contributed by atoms with Crippen molar-refractivity contribution in [3.63, 3.8) is 0 Å². The number of nitrogens with zero attached hydrogens (tertiary/aromatic N) is 2. The fourth-order valence-corrected chi connectivity index (χ4v) is 1.95. The van der Waals surface area contributed by atoms with Gasteiger partial charge in [-0.25, -0.2) is 0 Å². The average molecular weight is 253 g/mol. The van der Waals surface area contributed by atoms with Gasteiger partial charge in [-0.15, -0.1) is 0 Å². The zero-order chi connectivity index (χ0) is 13.0. The topological polar surface area (TPSA) is 36.3 Å². The molecule has 0 aliphatic rings. The first-order valence-corrected chi connectivity index (χ1v) is 5.82. The Morgan fingerprint density at radius 1 is 1.47 bits per heavy atom. The standard InChI is InChI=1S/C13H17ClN2O/c1-9-7-12(17-4)11(10(2)13(9)14)5-6-16(3)8-15/h7H,5-6H2,1-4H3. The molecule has 0 unspecified atom stereocenters. The summed E-state index contributed by atoms with van der Waals surface area (Å²) in [5.41, 5.74) is 3.12. The van der Waals surface area contributed by atoms with Gasteiger partial charge in [-0.1, -0.05) is 11.6 Å². The van der Waals surface area contributed by atoms with Gasteiger partial charge in [0.1, 0.15) is 5.75 Å². The molecule has 1 aromatic rings. The van der Waals surface area contributed by atoms with Crippen LogP contribution in [0.2, 0.25) is 5.02 Å². The number of benzene rings is 1. The van der Waals surface area contributed by atoms with Crippen LogP contribution in [0.1, 0.15) is 16.7 Å². The summed E-state index contributed by atoms with van der Waals surface area (Å²) in [6, 6.07) is 1.94. The maximum atomic E-state index is 8.73. The van der Waals surface area contributed by atoms with Gasteiger partial charge in [-0.2, -0.15) is 5.26 Å². The first kappa shape index (κ1) is 13.7. The van der Waals surface area contributed by atoms with Gasteiger partial charge in [0, 0.05) is 24.2 Å². The smallest absolute Gasteiger partial charge is 0.179 e. The van der Waals surface area contributed by atoms with E-state index in [2.05, 4.69) is 6.19 Å². The van der Waals surface area contributed by atoms with E-state index in [0.29, 0.717) is 6.54 Å². The molecule has 1 aromatic carbocycles. The largest absolute Gasteiger partial charge is 0.496 e. The molecular weight excluding hydrogens is 236 g/mol. The van der Waals surface area contributed by atoms with Gasteiger partial charge in [0.25, 0.3) is 0 Å². The van der Waals surface area contributed by atoms with Crippen LogP contribution in [0, 0.1) is 25.3 Å². The molecule has 0 radical (unpaired) electrons. The van der Waals surface area contributed by atoms with Crippen molar-refractivity contribution in [2.45, 2.75) is 20.3 Å². The zero-order valence-corrected chi connectivity index (χ0v) is 11.4. The van der Waals surface area contributed by atoms with Crippen molar-refractivity contribution in [1.29, 1.82) is 5.26 Å². The molecule has 0 spiro atoms. The molecule has 0 aliphatic heterocycles. The van der Waals surface area contributed by atoms with Gasteiger partial charge in [-0.3, -0.25) is 0 Å². The van der Waals surface area contributed by atoms with Crippen LogP contribution in [0.25, 0.3) is 0 Å². The molecule has 0 saturated carbocycles. The van der Waals surface area contributed by atoms with E-state index in [9.17, 15) is 0 Å². The van der Waals surface area contributed by atoms with E-state index in [1.165, 1.54) is 0 Å². The summed E-state index contributed by atoms with van der Waals surface area (Å²) in [6.45, 7) is 4.61. The Morgan fingerprint density at radius 2 is 2.12 bits per heavy atom. The minimum Gasteiger partial charge on any atom is -0.496 e. The SMILES string of the molecule is COc1cc(C)c(Cl)c(C)c1CCN(C)C#N. The van der Waals surface area contributed by atoms with Crippen molar-refractivity contribution in [3.8, 4) is 11.9 Å². The van der Waals surface area contributed by atoms with Crippen LogP contribution in [0.15, 0.2) is 6.07 Å². The second-order valence-corrected chi connectivity index (χ2v) is 4.46. The van der Waals surface area contributed by atoms with Crippen molar-refractivity contribution in [2.24, 2.45) is 0 Å². The Kier molecular flexibility index (Phi) is 4.65. The van der Waals surface area contributed by atoms with Crippen molar-refractivity contribution < 1.29 is 4.74 Å². The molecule has 1 rings (SSSR count). The van der Waals surface area contributed by atoms with Crippen LogP contribution in [0.5, 0.6) is 5.75 Å². The third-order valence-electron chi connectivity index (χ3n) is 2.86. The van der Waals surface area contributed by atoms with Gasteiger partial charge < -0.3 is 9.64 Å². The lowest BCUT2D eigenvalue weighted by atomic mass is 10.0. The first-order valence-electron chi connectivity index (χ1n) is 5.44. The van der Waals surface area contributed by atoms with Gasteiger partial charge in [0.05, 0.1) is 7.11 Å². The minimum absolute atomic E-state index is 0.660. The molecule has 0 bridgehead atoms. The molecule has 0 aromatic heterocycles. The van der Waals surface area contributed by atoms with E-state index in [1.807, 2.05) is 19.9 Å². The van der Waals surface area contributed by atoms with E-state index in [0.717, 1.165) is 33.9 Å². The van der Waals surface area contributed by atoms with E-state index < -0.39 is 0 Å². The van der Waals surface area contributed by atoms with Crippen LogP contribution in [-0.2, 0) is 6.42 Å². The highest BCUT2D eigenvalue weighted by Crippen LogP contribution is 2.31. The monoisotopic (exact) mass is 252 g/mol. The number of rotatable bonds is 4. The van der Waals surface area contributed by atoms with Crippen molar-refractivity contribution in [3.05, 3.63) is 27.8 Å². The van der Waals surface area contributed by atoms with Gasteiger partial charge in [0.2, 0.25) is 0 Å². The Labute approximate surface area is 108 Å². The summed E-state index contributed by atoms with van der Waals surface area (Å²) >= 11 is 6.23. The second kappa shape index (κ2) is 5.79. The van der Waals surface area contributed by atoms with Crippen LogP contribution >= 0.6 is 11.6 Å². The fraction of sp³-hybridized carbons (Fsp3) is 0.462. The molecule has 17 heavy (non-hydrogen) atoms. The number of nitriles is 1. The molecule has 0 saturated heterocycles. The van der Waals surface area contributed by atoms with Gasteiger partial charge >= 0.3 is 0 Å². The van der Waals surface area contributed by atoms with Crippen LogP contribution in [0.4, 0.5) is 0 Å². The van der Waals surface area contributed by atoms with Crippen molar-refractivity contribution in [2.75, 3.05) is 20.7 Å². The number of halogens is 1. The predicted molar refractivity (Wildman–Crippen MR) is 69.4 cm³/mol. The molecule has 92 valence electrons. The summed E-state index contributed by atoms with van der Waals surface area (Å²) < 4.78 is 5.37. The lowest BCUT2D eigenvalue weighted by Gasteiger charge is -2.16. The number of aryl methyl sites for hydroxylation is 1. The Morgan fingerprint density at radius 3 is 2.65 bits per heavy atom. The Bertz CT molecular complexity index is 452. The number of likely N-dealkylation sites (N-methyl/N-ethyl adjacent to an activating group) is 1. The number of ether oxygens (including phenoxy) is 1. The van der Waals surface area contributed by atoms with Crippen LogP contribution in [-0.4, -0.2) is 25.6 Å². The maximum absolute atomic E-state index is 8.73. The van der Waals surface area contributed by atoms with Crippen LogP contribution in [0.3, 0.4) is 0 Å². The highest BCUT2D eigenvalue weighted by Gasteiger charge is 2.12. The van der Waals surface area contributed by atoms with E-state index in [4.69, 9.17) is 21.6 Å². The molecule has 0 atom stereocenters. The van der Waals surface area contributed by atoms with Crippen molar-refractivity contribution in [1.82, 2.24) is 4.90 Å².